The van der Waals surface area contributed by atoms with E-state index in [1.807, 2.05) is 0 Å². The van der Waals surface area contributed by atoms with E-state index in [9.17, 15) is 9.59 Å². The summed E-state index contributed by atoms with van der Waals surface area (Å²) in [5.41, 5.74) is 5.83. The molecule has 5 heteroatoms. The Kier molecular flexibility index (Phi) is 2.16. The molecule has 0 aliphatic heterocycles. The predicted octanol–water partition coefficient (Wildman–Crippen LogP) is 1.12. The topological polar surface area (TPSA) is 96.2 Å². The van der Waals surface area contributed by atoms with Crippen LogP contribution in [0.25, 0.3) is 10.9 Å². The average Bonchev–Trinajstić information content (AvgIpc) is 2.21. The molecule has 0 fully saturated rings. The molecule has 1 heterocycles. The van der Waals surface area contributed by atoms with Crippen molar-refractivity contribution >= 4 is 22.6 Å². The number of aryl methyl sites for hydroxylation is 1. The van der Waals surface area contributed by atoms with Gasteiger partial charge in [-0.25, -0.2) is 4.79 Å². The van der Waals surface area contributed by atoms with Crippen molar-refractivity contribution in [3.05, 3.63) is 39.7 Å². The first-order valence-electron chi connectivity index (χ1n) is 4.66. The minimum absolute atomic E-state index is 0.137. The third-order valence-corrected chi connectivity index (χ3v) is 2.51. The molecular formula is C11H10N2O3. The molecule has 0 saturated heterocycles. The van der Waals surface area contributed by atoms with E-state index >= 15 is 0 Å². The lowest BCUT2D eigenvalue weighted by atomic mass is 10.0. The number of carbonyl (C=O) groups is 1. The first-order valence-corrected chi connectivity index (χ1v) is 4.66. The van der Waals surface area contributed by atoms with E-state index in [-0.39, 0.29) is 11.3 Å². The van der Waals surface area contributed by atoms with Crippen LogP contribution in [-0.2, 0) is 0 Å². The van der Waals surface area contributed by atoms with Crippen molar-refractivity contribution in [1.82, 2.24) is 4.98 Å². The zero-order chi connectivity index (χ0) is 11.9. The number of hydrogen-bond donors (Lipinski definition) is 3. The van der Waals surface area contributed by atoms with E-state index in [2.05, 4.69) is 4.98 Å². The molecule has 0 atom stereocenters. The highest BCUT2D eigenvalue weighted by molar-refractivity contribution is 6.07. The Bertz CT molecular complexity index is 643. The summed E-state index contributed by atoms with van der Waals surface area (Å²) in [5, 5.41) is 9.49. The summed E-state index contributed by atoms with van der Waals surface area (Å²) >= 11 is 0. The molecule has 0 unspecified atom stereocenters. The smallest absolute Gasteiger partial charge is 0.338 e. The van der Waals surface area contributed by atoms with E-state index in [0.717, 1.165) is 5.56 Å². The molecular weight excluding hydrogens is 208 g/mol. The molecule has 1 aromatic heterocycles. The number of fused-ring (bicyclic) bond motifs is 1. The van der Waals surface area contributed by atoms with Crippen LogP contribution >= 0.6 is 0 Å². The second-order valence-electron chi connectivity index (χ2n) is 3.55. The van der Waals surface area contributed by atoms with Crippen LogP contribution in [-0.4, -0.2) is 16.1 Å². The third-order valence-electron chi connectivity index (χ3n) is 2.51. The number of hydrogen-bond acceptors (Lipinski definition) is 3. The Morgan fingerprint density at radius 3 is 2.75 bits per heavy atom. The molecule has 0 bridgehead atoms. The number of benzene rings is 1. The van der Waals surface area contributed by atoms with Crippen molar-refractivity contribution < 1.29 is 9.90 Å². The van der Waals surface area contributed by atoms with Gasteiger partial charge in [-0.05, 0) is 12.5 Å². The van der Waals surface area contributed by atoms with Gasteiger partial charge in [-0.2, -0.15) is 0 Å². The minimum atomic E-state index is -1.20. The maximum atomic E-state index is 11.5. The number of nitrogens with two attached hydrogens (primary N) is 1. The van der Waals surface area contributed by atoms with Crippen molar-refractivity contribution in [1.29, 1.82) is 0 Å². The number of rotatable bonds is 1. The fourth-order valence-corrected chi connectivity index (χ4v) is 1.71. The summed E-state index contributed by atoms with van der Waals surface area (Å²) in [6, 6.07) is 5.14. The molecule has 0 radical (unpaired) electrons. The highest BCUT2D eigenvalue weighted by atomic mass is 16.4. The Morgan fingerprint density at radius 2 is 2.12 bits per heavy atom. The molecule has 4 N–H and O–H groups in total. The van der Waals surface area contributed by atoms with Gasteiger partial charge in [0.25, 0.3) is 5.56 Å². The zero-order valence-electron chi connectivity index (χ0n) is 8.57. The summed E-state index contributed by atoms with van der Waals surface area (Å²) in [7, 11) is 0. The van der Waals surface area contributed by atoms with Crippen molar-refractivity contribution in [3.8, 4) is 0 Å². The molecule has 16 heavy (non-hydrogen) atoms. The maximum Gasteiger partial charge on any atom is 0.338 e. The quantitative estimate of drug-likeness (QED) is 0.668. The summed E-state index contributed by atoms with van der Waals surface area (Å²) in [6.45, 7) is 1.79. The van der Waals surface area contributed by atoms with Gasteiger partial charge < -0.3 is 15.8 Å². The van der Waals surface area contributed by atoms with Crippen LogP contribution in [0.2, 0.25) is 0 Å². The van der Waals surface area contributed by atoms with E-state index in [0.29, 0.717) is 10.9 Å². The molecule has 0 aliphatic rings. The molecule has 0 aliphatic carbocycles. The summed E-state index contributed by atoms with van der Waals surface area (Å²) in [5.74, 6) is -1.20. The zero-order valence-corrected chi connectivity index (χ0v) is 8.57. The molecule has 0 saturated carbocycles. The van der Waals surface area contributed by atoms with Crippen LogP contribution in [0.15, 0.2) is 23.0 Å². The van der Waals surface area contributed by atoms with Gasteiger partial charge in [-0.3, -0.25) is 4.79 Å². The number of aromatic amines is 1. The van der Waals surface area contributed by atoms with E-state index in [4.69, 9.17) is 10.8 Å². The number of anilines is 1. The van der Waals surface area contributed by atoms with Crippen LogP contribution in [0.1, 0.15) is 15.9 Å². The van der Waals surface area contributed by atoms with Crippen LogP contribution in [0, 0.1) is 6.92 Å². The Labute approximate surface area is 90.5 Å². The van der Waals surface area contributed by atoms with E-state index in [1.165, 1.54) is 0 Å². The predicted molar refractivity (Wildman–Crippen MR) is 60.7 cm³/mol. The second kappa shape index (κ2) is 3.37. The number of pyridine rings is 1. The number of nitrogen functional groups attached to an aromatic ring is 1. The van der Waals surface area contributed by atoms with Gasteiger partial charge in [-0.1, -0.05) is 18.2 Å². The van der Waals surface area contributed by atoms with Crippen molar-refractivity contribution in [2.45, 2.75) is 6.92 Å². The van der Waals surface area contributed by atoms with Crippen LogP contribution < -0.4 is 11.3 Å². The Morgan fingerprint density at radius 1 is 1.44 bits per heavy atom. The lowest BCUT2D eigenvalue weighted by Gasteiger charge is -2.07. The van der Waals surface area contributed by atoms with E-state index in [1.54, 1.807) is 25.1 Å². The Balaban J connectivity index is 3.07. The number of H-pyrrole nitrogens is 1. The average molecular weight is 218 g/mol. The molecule has 0 amide bonds. The number of carboxylic acids is 1. The summed E-state index contributed by atoms with van der Waals surface area (Å²) < 4.78 is 0. The number of carboxylic acid groups (broad SMARTS) is 1. The molecule has 1 aromatic carbocycles. The molecule has 2 rings (SSSR count). The Hall–Kier alpha value is -2.30. The van der Waals surface area contributed by atoms with Gasteiger partial charge >= 0.3 is 5.97 Å². The van der Waals surface area contributed by atoms with Crippen LogP contribution in [0.4, 0.5) is 5.69 Å². The first-order chi connectivity index (χ1) is 7.52. The highest BCUT2D eigenvalue weighted by Gasteiger charge is 2.16. The lowest BCUT2D eigenvalue weighted by molar-refractivity contribution is 0.0700. The SMILES string of the molecule is Cc1cccc2c(C(=O)O)c(N)c(=O)[nH]c12. The van der Waals surface area contributed by atoms with Gasteiger partial charge in [0.05, 0.1) is 11.1 Å². The molecule has 5 nitrogen and oxygen atoms in total. The first kappa shape index (κ1) is 10.2. The molecule has 2 aromatic rings. The van der Waals surface area contributed by atoms with Gasteiger partial charge in [-0.15, -0.1) is 0 Å². The normalized spacial score (nSPS) is 10.6. The second-order valence-corrected chi connectivity index (χ2v) is 3.55. The van der Waals surface area contributed by atoms with Crippen molar-refractivity contribution in [2.24, 2.45) is 0 Å². The van der Waals surface area contributed by atoms with Crippen molar-refractivity contribution in [2.75, 3.05) is 5.73 Å². The maximum absolute atomic E-state index is 11.5. The van der Waals surface area contributed by atoms with Crippen molar-refractivity contribution in [3.63, 3.8) is 0 Å². The van der Waals surface area contributed by atoms with Crippen LogP contribution in [0.3, 0.4) is 0 Å². The number of nitrogens with one attached hydrogen (secondary N) is 1. The van der Waals surface area contributed by atoms with Gasteiger partial charge in [0.2, 0.25) is 0 Å². The third kappa shape index (κ3) is 1.33. The lowest BCUT2D eigenvalue weighted by Crippen LogP contribution is -2.18. The highest BCUT2D eigenvalue weighted by Crippen LogP contribution is 2.21. The molecule has 82 valence electrons. The van der Waals surface area contributed by atoms with Crippen LogP contribution in [0.5, 0.6) is 0 Å². The monoisotopic (exact) mass is 218 g/mol. The van der Waals surface area contributed by atoms with Gasteiger partial charge in [0.15, 0.2) is 0 Å². The largest absolute Gasteiger partial charge is 0.478 e. The van der Waals surface area contributed by atoms with E-state index < -0.39 is 11.5 Å². The van der Waals surface area contributed by atoms with Gasteiger partial charge in [0, 0.05) is 5.39 Å². The van der Waals surface area contributed by atoms with Gasteiger partial charge in [0.1, 0.15) is 5.69 Å². The summed E-state index contributed by atoms with van der Waals surface area (Å²) in [6.07, 6.45) is 0. The fraction of sp³-hybridized carbons (Fsp3) is 0.0909. The fourth-order valence-electron chi connectivity index (χ4n) is 1.71. The number of aromatic nitrogens is 1. The number of para-hydroxylation sites is 1. The standard InChI is InChI=1S/C11H10N2O3/c1-5-3-2-4-6-7(11(15)16)8(12)10(14)13-9(5)6/h2-4H,12H2,1H3,(H,13,14)(H,15,16). The number of aromatic carboxylic acids is 1. The molecule has 0 spiro atoms. The minimum Gasteiger partial charge on any atom is -0.478 e. The summed E-state index contributed by atoms with van der Waals surface area (Å²) in [4.78, 5) is 25.1.